The minimum Gasteiger partial charge on any atom is -0.478 e. The second-order valence-electron chi connectivity index (χ2n) is 3.77. The van der Waals surface area contributed by atoms with Gasteiger partial charge in [0.25, 0.3) is 0 Å². The van der Waals surface area contributed by atoms with E-state index < -0.39 is 5.97 Å². The van der Waals surface area contributed by atoms with E-state index in [1.54, 1.807) is 6.07 Å². The molecule has 4 heteroatoms. The SMILES string of the molecule is CC(C)=CCSc1cc(C(=O)O)ccc1C=O. The predicted molar refractivity (Wildman–Crippen MR) is 68.9 cm³/mol. The number of benzene rings is 1. The Hall–Kier alpha value is -1.55. The highest BCUT2D eigenvalue weighted by atomic mass is 32.2. The van der Waals surface area contributed by atoms with Crippen molar-refractivity contribution in [1.29, 1.82) is 0 Å². The van der Waals surface area contributed by atoms with Crippen molar-refractivity contribution in [2.75, 3.05) is 5.75 Å². The summed E-state index contributed by atoms with van der Waals surface area (Å²) >= 11 is 1.46. The Kier molecular flexibility index (Phi) is 4.97. The van der Waals surface area contributed by atoms with E-state index in [2.05, 4.69) is 0 Å². The van der Waals surface area contributed by atoms with Crippen LogP contribution in [0.3, 0.4) is 0 Å². The van der Waals surface area contributed by atoms with Gasteiger partial charge in [0.15, 0.2) is 6.29 Å². The van der Waals surface area contributed by atoms with E-state index in [0.29, 0.717) is 10.5 Å². The van der Waals surface area contributed by atoms with Crippen LogP contribution < -0.4 is 0 Å². The number of hydrogen-bond acceptors (Lipinski definition) is 3. The van der Waals surface area contributed by atoms with Crippen LogP contribution in [0.4, 0.5) is 0 Å². The number of thioether (sulfide) groups is 1. The number of rotatable bonds is 5. The quantitative estimate of drug-likeness (QED) is 0.495. The minimum atomic E-state index is -0.980. The Labute approximate surface area is 105 Å². The van der Waals surface area contributed by atoms with Crippen LogP contribution in [0.5, 0.6) is 0 Å². The Morgan fingerprint density at radius 3 is 2.65 bits per heavy atom. The smallest absolute Gasteiger partial charge is 0.335 e. The molecule has 1 aromatic carbocycles. The van der Waals surface area contributed by atoms with Crippen molar-refractivity contribution >= 4 is 24.0 Å². The summed E-state index contributed by atoms with van der Waals surface area (Å²) in [4.78, 5) is 22.4. The standard InChI is InChI=1S/C13H14O3S/c1-9(2)5-6-17-12-7-10(13(15)16)3-4-11(12)8-14/h3-5,7-8H,6H2,1-2H3,(H,15,16). The maximum atomic E-state index is 10.8. The molecule has 17 heavy (non-hydrogen) atoms. The van der Waals surface area contributed by atoms with Crippen molar-refractivity contribution in [3.63, 3.8) is 0 Å². The molecule has 0 unspecified atom stereocenters. The predicted octanol–water partition coefficient (Wildman–Crippen LogP) is 3.26. The third-order valence-electron chi connectivity index (χ3n) is 2.12. The van der Waals surface area contributed by atoms with Gasteiger partial charge in [0, 0.05) is 16.2 Å². The normalized spacial score (nSPS) is 9.76. The molecule has 1 rings (SSSR count). The van der Waals surface area contributed by atoms with Gasteiger partial charge in [0.1, 0.15) is 0 Å². The average Bonchev–Trinajstić information content (AvgIpc) is 2.28. The van der Waals surface area contributed by atoms with Gasteiger partial charge in [0.05, 0.1) is 5.56 Å². The monoisotopic (exact) mass is 250 g/mol. The van der Waals surface area contributed by atoms with Gasteiger partial charge in [-0.1, -0.05) is 11.6 Å². The molecule has 0 amide bonds. The Morgan fingerprint density at radius 2 is 2.12 bits per heavy atom. The third-order valence-corrected chi connectivity index (χ3v) is 3.12. The van der Waals surface area contributed by atoms with Crippen LogP contribution in [0.2, 0.25) is 0 Å². The zero-order valence-corrected chi connectivity index (χ0v) is 10.6. The molecule has 0 aromatic heterocycles. The number of carbonyl (C=O) groups is 2. The van der Waals surface area contributed by atoms with Gasteiger partial charge in [-0.3, -0.25) is 4.79 Å². The van der Waals surface area contributed by atoms with Crippen LogP contribution in [-0.2, 0) is 0 Å². The summed E-state index contributed by atoms with van der Waals surface area (Å²) in [5, 5.41) is 8.88. The average molecular weight is 250 g/mol. The fourth-order valence-electron chi connectivity index (χ4n) is 1.19. The Balaban J connectivity index is 2.94. The van der Waals surface area contributed by atoms with Crippen molar-refractivity contribution < 1.29 is 14.7 Å². The highest BCUT2D eigenvalue weighted by Crippen LogP contribution is 2.23. The molecule has 0 saturated carbocycles. The lowest BCUT2D eigenvalue weighted by Gasteiger charge is -2.04. The van der Waals surface area contributed by atoms with Crippen molar-refractivity contribution in [3.05, 3.63) is 41.0 Å². The number of carbonyl (C=O) groups excluding carboxylic acids is 1. The number of aromatic carboxylic acids is 1. The molecule has 0 aliphatic rings. The highest BCUT2D eigenvalue weighted by Gasteiger charge is 2.07. The number of carboxylic acids is 1. The molecule has 1 N–H and O–H groups in total. The Morgan fingerprint density at radius 1 is 1.41 bits per heavy atom. The topological polar surface area (TPSA) is 54.4 Å². The van der Waals surface area contributed by atoms with Crippen LogP contribution >= 0.6 is 11.8 Å². The molecule has 0 heterocycles. The van der Waals surface area contributed by atoms with Gasteiger partial charge in [-0.05, 0) is 32.0 Å². The molecule has 0 atom stereocenters. The molecule has 90 valence electrons. The first kappa shape index (κ1) is 13.5. The highest BCUT2D eigenvalue weighted by molar-refractivity contribution is 7.99. The van der Waals surface area contributed by atoms with Gasteiger partial charge in [-0.15, -0.1) is 11.8 Å². The summed E-state index contributed by atoms with van der Waals surface area (Å²) in [7, 11) is 0. The lowest BCUT2D eigenvalue weighted by atomic mass is 10.1. The van der Waals surface area contributed by atoms with Crippen LogP contribution in [-0.4, -0.2) is 23.1 Å². The van der Waals surface area contributed by atoms with Gasteiger partial charge < -0.3 is 5.11 Å². The van der Waals surface area contributed by atoms with E-state index in [9.17, 15) is 9.59 Å². The molecule has 0 aliphatic carbocycles. The fraction of sp³-hybridized carbons (Fsp3) is 0.231. The first-order chi connectivity index (χ1) is 8.04. The Bertz CT molecular complexity index is 460. The number of aldehydes is 1. The van der Waals surface area contributed by atoms with Crippen LogP contribution in [0.1, 0.15) is 34.6 Å². The number of allylic oxidation sites excluding steroid dienone is 1. The summed E-state index contributed by atoms with van der Waals surface area (Å²) in [6, 6.07) is 4.52. The summed E-state index contributed by atoms with van der Waals surface area (Å²) in [5.41, 5.74) is 1.93. The van der Waals surface area contributed by atoms with E-state index in [4.69, 9.17) is 5.11 Å². The zero-order chi connectivity index (χ0) is 12.8. The van der Waals surface area contributed by atoms with E-state index >= 15 is 0 Å². The second-order valence-corrected chi connectivity index (χ2v) is 4.83. The van der Waals surface area contributed by atoms with Crippen molar-refractivity contribution in [3.8, 4) is 0 Å². The lowest BCUT2D eigenvalue weighted by Crippen LogP contribution is -1.98. The molecular formula is C13H14O3S. The molecule has 1 aromatic rings. The second kappa shape index (κ2) is 6.25. The summed E-state index contributed by atoms with van der Waals surface area (Å²) in [6.45, 7) is 3.99. The van der Waals surface area contributed by atoms with Crippen molar-refractivity contribution in [2.45, 2.75) is 18.7 Å². The van der Waals surface area contributed by atoms with Crippen molar-refractivity contribution in [1.82, 2.24) is 0 Å². The van der Waals surface area contributed by atoms with Crippen LogP contribution in [0.15, 0.2) is 34.7 Å². The van der Waals surface area contributed by atoms with E-state index in [1.807, 2.05) is 19.9 Å². The van der Waals surface area contributed by atoms with Crippen LogP contribution in [0.25, 0.3) is 0 Å². The molecule has 0 fully saturated rings. The van der Waals surface area contributed by atoms with E-state index in [1.165, 1.54) is 29.5 Å². The first-order valence-electron chi connectivity index (χ1n) is 5.13. The summed E-state index contributed by atoms with van der Waals surface area (Å²) in [5.74, 6) is -0.252. The molecule has 0 bridgehead atoms. The van der Waals surface area contributed by atoms with E-state index in [-0.39, 0.29) is 5.56 Å². The number of hydrogen-bond donors (Lipinski definition) is 1. The van der Waals surface area contributed by atoms with Gasteiger partial charge in [0.2, 0.25) is 0 Å². The van der Waals surface area contributed by atoms with Gasteiger partial charge >= 0.3 is 5.97 Å². The molecule has 0 spiro atoms. The maximum absolute atomic E-state index is 10.8. The minimum absolute atomic E-state index is 0.204. The maximum Gasteiger partial charge on any atom is 0.335 e. The van der Waals surface area contributed by atoms with Crippen LogP contribution in [0, 0.1) is 0 Å². The summed E-state index contributed by atoms with van der Waals surface area (Å²) in [6.07, 6.45) is 2.78. The third kappa shape index (κ3) is 4.07. The molecule has 3 nitrogen and oxygen atoms in total. The summed E-state index contributed by atoms with van der Waals surface area (Å²) < 4.78 is 0. The van der Waals surface area contributed by atoms with Gasteiger partial charge in [-0.2, -0.15) is 0 Å². The number of carboxylic acid groups (broad SMARTS) is 1. The fourth-order valence-corrected chi connectivity index (χ4v) is 2.28. The molecule has 0 saturated heterocycles. The first-order valence-corrected chi connectivity index (χ1v) is 6.12. The van der Waals surface area contributed by atoms with E-state index in [0.717, 1.165) is 12.0 Å². The van der Waals surface area contributed by atoms with Gasteiger partial charge in [-0.25, -0.2) is 4.79 Å². The molecule has 0 radical (unpaired) electrons. The molecule has 0 aliphatic heterocycles. The zero-order valence-electron chi connectivity index (χ0n) is 9.77. The lowest BCUT2D eigenvalue weighted by molar-refractivity contribution is 0.0696. The molecular weight excluding hydrogens is 236 g/mol. The largest absolute Gasteiger partial charge is 0.478 e. The van der Waals surface area contributed by atoms with Crippen molar-refractivity contribution in [2.24, 2.45) is 0 Å².